The maximum atomic E-state index is 12.4. The maximum Gasteiger partial charge on any atom is 0.190 e. The minimum Gasteiger partial charge on any atom is -0.393 e. The number of carbonyl (C=O) groups excluding carboxylic acids is 1. The zero-order valence-electron chi connectivity index (χ0n) is 15.6. The number of fused-ring (bicyclic) bond motifs is 5. The summed E-state index contributed by atoms with van der Waals surface area (Å²) < 4.78 is 0. The molecule has 0 heterocycles. The first-order valence-electron chi connectivity index (χ1n) is 9.80. The third kappa shape index (κ3) is 2.15. The van der Waals surface area contributed by atoms with Gasteiger partial charge in [-0.15, -0.1) is 0 Å². The van der Waals surface area contributed by atoms with Crippen LogP contribution < -0.4 is 0 Å². The lowest BCUT2D eigenvalue weighted by molar-refractivity contribution is -0.178. The number of aliphatic hydroxyl groups excluding tert-OH is 3. The summed E-state index contributed by atoms with van der Waals surface area (Å²) in [5.74, 6) is -0.131. The second-order valence-electron chi connectivity index (χ2n) is 9.33. The first kappa shape index (κ1) is 18.4. The van der Waals surface area contributed by atoms with E-state index in [4.69, 9.17) is 0 Å². The van der Waals surface area contributed by atoms with Crippen LogP contribution in [-0.2, 0) is 4.79 Å². The molecular formula is C21H30O5. The maximum absolute atomic E-state index is 12.4. The SMILES string of the molecule is CC12C=CC(O)C=C1CCC1C2C(O)CC2(C)C1CCC2(O)C(=O)CO. The summed E-state index contributed by atoms with van der Waals surface area (Å²) in [6, 6.07) is 0. The monoisotopic (exact) mass is 362 g/mol. The summed E-state index contributed by atoms with van der Waals surface area (Å²) in [6.07, 6.45) is 7.80. The number of rotatable bonds is 2. The van der Waals surface area contributed by atoms with Gasteiger partial charge in [0.05, 0.1) is 12.2 Å². The van der Waals surface area contributed by atoms with Crippen LogP contribution in [0.25, 0.3) is 0 Å². The summed E-state index contributed by atoms with van der Waals surface area (Å²) in [4.78, 5) is 12.4. The normalized spacial score (nSPS) is 52.7. The van der Waals surface area contributed by atoms with Gasteiger partial charge in [0.2, 0.25) is 0 Å². The molecule has 0 bridgehead atoms. The first-order chi connectivity index (χ1) is 12.2. The topological polar surface area (TPSA) is 98.0 Å². The van der Waals surface area contributed by atoms with E-state index < -0.39 is 35.6 Å². The molecule has 4 N–H and O–H groups in total. The molecule has 144 valence electrons. The molecule has 0 spiro atoms. The van der Waals surface area contributed by atoms with Crippen molar-refractivity contribution < 1.29 is 25.2 Å². The number of hydrogen-bond donors (Lipinski definition) is 4. The van der Waals surface area contributed by atoms with Crippen LogP contribution in [0.2, 0.25) is 0 Å². The van der Waals surface area contributed by atoms with Gasteiger partial charge in [-0.25, -0.2) is 0 Å². The van der Waals surface area contributed by atoms with Crippen molar-refractivity contribution >= 4 is 5.78 Å². The van der Waals surface area contributed by atoms with Gasteiger partial charge in [-0.05, 0) is 43.9 Å². The molecule has 4 rings (SSSR count). The van der Waals surface area contributed by atoms with Crippen molar-refractivity contribution in [2.75, 3.05) is 6.61 Å². The van der Waals surface area contributed by atoms with Gasteiger partial charge in [0.1, 0.15) is 12.2 Å². The molecule has 0 radical (unpaired) electrons. The molecule has 0 saturated heterocycles. The third-order valence-corrected chi connectivity index (χ3v) is 8.35. The number of Topliss-reactive ketones (excluding diaryl/α,β-unsaturated/α-hetero) is 1. The molecule has 4 aliphatic rings. The minimum atomic E-state index is -1.55. The van der Waals surface area contributed by atoms with Gasteiger partial charge in [0.15, 0.2) is 5.78 Å². The molecule has 0 aromatic carbocycles. The van der Waals surface area contributed by atoms with Crippen LogP contribution in [0.15, 0.2) is 23.8 Å². The Morgan fingerprint density at radius 3 is 2.69 bits per heavy atom. The molecule has 5 heteroatoms. The Bertz CT molecular complexity index is 684. The number of hydrogen-bond acceptors (Lipinski definition) is 5. The molecule has 8 atom stereocenters. The molecule has 8 unspecified atom stereocenters. The van der Waals surface area contributed by atoms with Crippen LogP contribution in [0.4, 0.5) is 0 Å². The van der Waals surface area contributed by atoms with E-state index >= 15 is 0 Å². The fourth-order valence-corrected chi connectivity index (χ4v) is 7.04. The summed E-state index contributed by atoms with van der Waals surface area (Å²) in [6.45, 7) is 3.41. The van der Waals surface area contributed by atoms with E-state index in [9.17, 15) is 25.2 Å². The average Bonchev–Trinajstić information content (AvgIpc) is 2.86. The van der Waals surface area contributed by atoms with Crippen LogP contribution >= 0.6 is 0 Å². The zero-order valence-corrected chi connectivity index (χ0v) is 15.6. The van der Waals surface area contributed by atoms with Crippen LogP contribution in [0.5, 0.6) is 0 Å². The predicted molar refractivity (Wildman–Crippen MR) is 96.0 cm³/mol. The average molecular weight is 362 g/mol. The third-order valence-electron chi connectivity index (χ3n) is 8.35. The summed E-state index contributed by atoms with van der Waals surface area (Å²) in [5, 5.41) is 41.7. The highest BCUT2D eigenvalue weighted by Gasteiger charge is 2.67. The van der Waals surface area contributed by atoms with E-state index in [0.29, 0.717) is 12.8 Å². The van der Waals surface area contributed by atoms with E-state index in [2.05, 4.69) is 13.0 Å². The van der Waals surface area contributed by atoms with Gasteiger partial charge in [-0.1, -0.05) is 37.6 Å². The van der Waals surface area contributed by atoms with Crippen LogP contribution in [-0.4, -0.2) is 50.6 Å². The molecular weight excluding hydrogens is 332 g/mol. The largest absolute Gasteiger partial charge is 0.393 e. The fourth-order valence-electron chi connectivity index (χ4n) is 7.04. The van der Waals surface area contributed by atoms with Gasteiger partial charge in [-0.3, -0.25) is 4.79 Å². The van der Waals surface area contributed by atoms with Gasteiger partial charge < -0.3 is 20.4 Å². The number of carbonyl (C=O) groups is 1. The number of aliphatic hydroxyl groups is 4. The summed E-state index contributed by atoms with van der Waals surface area (Å²) in [5.41, 5.74) is -1.35. The van der Waals surface area contributed by atoms with Gasteiger partial charge in [0.25, 0.3) is 0 Å². The highest BCUT2D eigenvalue weighted by molar-refractivity contribution is 5.89. The molecule has 0 aliphatic heterocycles. The molecule has 0 aromatic rings. The van der Waals surface area contributed by atoms with Gasteiger partial charge in [-0.2, -0.15) is 0 Å². The minimum absolute atomic E-state index is 0.0240. The fraction of sp³-hybridized carbons (Fsp3) is 0.762. The van der Waals surface area contributed by atoms with Crippen molar-refractivity contribution in [2.45, 2.75) is 63.8 Å². The Labute approximate surface area is 154 Å². The first-order valence-corrected chi connectivity index (χ1v) is 9.80. The van der Waals surface area contributed by atoms with Crippen LogP contribution in [0.3, 0.4) is 0 Å². The van der Waals surface area contributed by atoms with Crippen molar-refractivity contribution in [3.05, 3.63) is 23.8 Å². The summed E-state index contributed by atoms with van der Waals surface area (Å²) in [7, 11) is 0. The van der Waals surface area contributed by atoms with E-state index in [1.54, 1.807) is 6.08 Å². The van der Waals surface area contributed by atoms with E-state index in [1.807, 2.05) is 13.0 Å². The Kier molecular flexibility index (Phi) is 4.05. The predicted octanol–water partition coefficient (Wildman–Crippen LogP) is 1.35. The smallest absolute Gasteiger partial charge is 0.190 e. The molecule has 5 nitrogen and oxygen atoms in total. The standard InChI is InChI=1S/C21H30O5/c1-19-7-5-13(23)9-12(19)3-4-14-15-6-8-21(26,17(25)11-22)20(15,2)10-16(24)18(14)19/h5,7,9,13-16,18,22-24,26H,3-4,6,8,10-11H2,1-2H3. The van der Waals surface area contributed by atoms with E-state index in [0.717, 1.165) is 19.3 Å². The molecule has 26 heavy (non-hydrogen) atoms. The van der Waals surface area contributed by atoms with Crippen molar-refractivity contribution in [3.63, 3.8) is 0 Å². The van der Waals surface area contributed by atoms with Crippen LogP contribution in [0, 0.1) is 28.6 Å². The molecule has 3 saturated carbocycles. The van der Waals surface area contributed by atoms with E-state index in [-0.39, 0.29) is 23.2 Å². The molecule has 0 amide bonds. The Balaban J connectivity index is 1.74. The lowest BCUT2D eigenvalue weighted by Crippen LogP contribution is -2.61. The molecule has 4 aliphatic carbocycles. The van der Waals surface area contributed by atoms with Crippen molar-refractivity contribution in [2.24, 2.45) is 28.6 Å². The second kappa shape index (κ2) is 5.74. The zero-order chi connectivity index (χ0) is 18.9. The Morgan fingerprint density at radius 1 is 1.27 bits per heavy atom. The lowest BCUT2D eigenvalue weighted by atomic mass is 9.46. The Hall–Kier alpha value is -1.01. The van der Waals surface area contributed by atoms with Gasteiger partial charge in [0, 0.05) is 16.7 Å². The highest BCUT2D eigenvalue weighted by Crippen LogP contribution is 2.67. The van der Waals surface area contributed by atoms with Crippen molar-refractivity contribution in [3.8, 4) is 0 Å². The van der Waals surface area contributed by atoms with Crippen molar-refractivity contribution in [1.29, 1.82) is 0 Å². The Morgan fingerprint density at radius 2 is 2.00 bits per heavy atom. The summed E-state index contributed by atoms with van der Waals surface area (Å²) >= 11 is 0. The highest BCUT2D eigenvalue weighted by atomic mass is 16.3. The quantitative estimate of drug-likeness (QED) is 0.556. The molecule has 0 aromatic heterocycles. The van der Waals surface area contributed by atoms with Gasteiger partial charge >= 0.3 is 0 Å². The number of allylic oxidation sites excluding steroid dienone is 2. The van der Waals surface area contributed by atoms with Crippen LogP contribution in [0.1, 0.15) is 46.0 Å². The van der Waals surface area contributed by atoms with E-state index in [1.165, 1.54) is 5.57 Å². The van der Waals surface area contributed by atoms with Crippen molar-refractivity contribution in [1.82, 2.24) is 0 Å². The molecule has 3 fully saturated rings. The number of ketones is 1. The lowest BCUT2D eigenvalue weighted by Gasteiger charge is -2.59. The second-order valence-corrected chi connectivity index (χ2v) is 9.33.